The van der Waals surface area contributed by atoms with Crippen LogP contribution in [0.15, 0.2) is 28.4 Å². The number of rotatable bonds is 2. The third kappa shape index (κ3) is 3.39. The Morgan fingerprint density at radius 1 is 1.32 bits per heavy atom. The van der Waals surface area contributed by atoms with Gasteiger partial charge in [0.2, 0.25) is 11.0 Å². The summed E-state index contributed by atoms with van der Waals surface area (Å²) in [6.07, 6.45) is 5.96. The van der Waals surface area contributed by atoms with Crippen molar-refractivity contribution < 1.29 is 5.11 Å². The highest BCUT2D eigenvalue weighted by molar-refractivity contribution is 7.80. The van der Waals surface area contributed by atoms with Gasteiger partial charge in [-0.2, -0.15) is 0 Å². The number of benzene rings is 1. The van der Waals surface area contributed by atoms with E-state index in [1.54, 1.807) is 18.2 Å². The number of nitrogens with one attached hydrogen (secondary N) is 2. The summed E-state index contributed by atoms with van der Waals surface area (Å²) < 4.78 is 0. The topological polar surface area (TPSA) is 72.8 Å². The van der Waals surface area contributed by atoms with Crippen LogP contribution in [0.25, 0.3) is 10.9 Å². The normalized spacial score (nSPS) is 16.4. The van der Waals surface area contributed by atoms with E-state index < -0.39 is 0 Å². The lowest BCUT2D eigenvalue weighted by molar-refractivity contribution is 0.414. The molecule has 5 nitrogen and oxygen atoms in total. The Labute approximate surface area is 138 Å². The minimum absolute atomic E-state index is 0.0403. The van der Waals surface area contributed by atoms with Gasteiger partial charge in [-0.25, -0.2) is 0 Å². The molecule has 3 N–H and O–H groups in total. The van der Waals surface area contributed by atoms with Crippen molar-refractivity contribution in [2.24, 2.45) is 10.2 Å². The Kier molecular flexibility index (Phi) is 4.59. The summed E-state index contributed by atoms with van der Waals surface area (Å²) in [5, 5.41) is 22.9. The standard InChI is InChI=1S/C15H17ClN4OS/c16-9-6-7-12-11(8-9)13(14(21)18-12)19-20-15(22)17-10-4-2-1-3-5-10/h6-8,10,18,21H,1-5H2,(H,17,22). The molecule has 0 aliphatic heterocycles. The van der Waals surface area contributed by atoms with Crippen LogP contribution >= 0.6 is 23.8 Å². The predicted molar refractivity (Wildman–Crippen MR) is 92.1 cm³/mol. The number of fused-ring (bicyclic) bond motifs is 1. The van der Waals surface area contributed by atoms with Gasteiger partial charge in [-0.15, -0.1) is 10.2 Å². The molecule has 1 aromatic carbocycles. The predicted octanol–water partition coefficient (Wildman–Crippen LogP) is 4.82. The van der Waals surface area contributed by atoms with E-state index in [-0.39, 0.29) is 5.88 Å². The van der Waals surface area contributed by atoms with Gasteiger partial charge in [0.25, 0.3) is 0 Å². The van der Waals surface area contributed by atoms with Gasteiger partial charge in [-0.3, -0.25) is 0 Å². The second kappa shape index (κ2) is 6.62. The Morgan fingerprint density at radius 3 is 2.86 bits per heavy atom. The van der Waals surface area contributed by atoms with Gasteiger partial charge < -0.3 is 15.4 Å². The van der Waals surface area contributed by atoms with Crippen LogP contribution in [0.2, 0.25) is 5.02 Å². The van der Waals surface area contributed by atoms with Crippen LogP contribution in [-0.2, 0) is 0 Å². The molecule has 1 saturated carbocycles. The zero-order chi connectivity index (χ0) is 15.5. The number of aromatic amines is 1. The number of azo groups is 1. The second-order valence-electron chi connectivity index (χ2n) is 5.50. The number of aromatic nitrogens is 1. The van der Waals surface area contributed by atoms with E-state index >= 15 is 0 Å². The maximum absolute atomic E-state index is 9.94. The fourth-order valence-electron chi connectivity index (χ4n) is 2.78. The van der Waals surface area contributed by atoms with Crippen molar-refractivity contribution in [3.05, 3.63) is 23.2 Å². The molecule has 0 spiro atoms. The zero-order valence-electron chi connectivity index (χ0n) is 12.0. The molecule has 2 aromatic rings. The highest BCUT2D eigenvalue weighted by atomic mass is 35.5. The molecule has 1 aromatic heterocycles. The van der Waals surface area contributed by atoms with Gasteiger partial charge in [-0.1, -0.05) is 30.9 Å². The number of hydrogen-bond donors (Lipinski definition) is 3. The summed E-state index contributed by atoms with van der Waals surface area (Å²) in [5.41, 5.74) is 1.10. The van der Waals surface area contributed by atoms with Crippen molar-refractivity contribution in [2.75, 3.05) is 0 Å². The van der Waals surface area contributed by atoms with Crippen molar-refractivity contribution in [2.45, 2.75) is 38.1 Å². The second-order valence-corrected chi connectivity index (χ2v) is 6.32. The first kappa shape index (κ1) is 15.2. The molecule has 22 heavy (non-hydrogen) atoms. The summed E-state index contributed by atoms with van der Waals surface area (Å²) in [6.45, 7) is 0. The SMILES string of the molecule is Oc1[nH]c2ccc(Cl)cc2c1N=NC(=S)NC1CCCCC1. The lowest BCUT2D eigenvalue weighted by Gasteiger charge is -2.22. The van der Waals surface area contributed by atoms with Gasteiger partial charge in [0.05, 0.1) is 5.52 Å². The third-order valence-corrected chi connectivity index (χ3v) is 4.32. The van der Waals surface area contributed by atoms with Crippen LogP contribution in [0, 0.1) is 0 Å². The molecule has 0 atom stereocenters. The zero-order valence-corrected chi connectivity index (χ0v) is 13.5. The lowest BCUT2D eigenvalue weighted by atomic mass is 9.96. The number of thiocarbonyl (C=S) groups is 1. The molecule has 0 radical (unpaired) electrons. The number of H-pyrrole nitrogens is 1. The Morgan fingerprint density at radius 2 is 2.09 bits per heavy atom. The van der Waals surface area contributed by atoms with Crippen LogP contribution < -0.4 is 5.32 Å². The molecule has 0 unspecified atom stereocenters. The summed E-state index contributed by atoms with van der Waals surface area (Å²) in [4.78, 5) is 2.84. The molecule has 0 amide bonds. The highest BCUT2D eigenvalue weighted by Crippen LogP contribution is 2.36. The number of aromatic hydroxyl groups is 1. The minimum Gasteiger partial charge on any atom is -0.493 e. The maximum atomic E-state index is 9.94. The molecule has 1 fully saturated rings. The number of halogens is 1. The fraction of sp³-hybridized carbons (Fsp3) is 0.400. The quantitative estimate of drug-likeness (QED) is 0.544. The van der Waals surface area contributed by atoms with Crippen molar-refractivity contribution >= 4 is 45.5 Å². The minimum atomic E-state index is -0.0403. The van der Waals surface area contributed by atoms with Crippen molar-refractivity contribution in [1.82, 2.24) is 10.3 Å². The van der Waals surface area contributed by atoms with Crippen LogP contribution in [0.4, 0.5) is 5.69 Å². The molecule has 0 saturated heterocycles. The first-order valence-electron chi connectivity index (χ1n) is 7.36. The van der Waals surface area contributed by atoms with Crippen molar-refractivity contribution in [3.8, 4) is 5.88 Å². The molecule has 116 valence electrons. The molecule has 1 aliphatic carbocycles. The summed E-state index contributed by atoms with van der Waals surface area (Å²) in [6, 6.07) is 5.65. The average Bonchev–Trinajstić information content (AvgIpc) is 2.81. The number of hydrogen-bond acceptors (Lipinski definition) is 3. The monoisotopic (exact) mass is 336 g/mol. The average molecular weight is 337 g/mol. The van der Waals surface area contributed by atoms with E-state index in [0.29, 0.717) is 27.3 Å². The maximum Gasteiger partial charge on any atom is 0.218 e. The van der Waals surface area contributed by atoms with Gasteiger partial charge in [0, 0.05) is 16.5 Å². The molecule has 7 heteroatoms. The van der Waals surface area contributed by atoms with Crippen molar-refractivity contribution in [1.29, 1.82) is 0 Å². The fourth-order valence-corrected chi connectivity index (χ4v) is 3.16. The molecule has 1 aliphatic rings. The van der Waals surface area contributed by atoms with Gasteiger partial charge in [0.1, 0.15) is 0 Å². The van der Waals surface area contributed by atoms with Crippen LogP contribution in [0.3, 0.4) is 0 Å². The largest absolute Gasteiger partial charge is 0.493 e. The van der Waals surface area contributed by atoms with Crippen LogP contribution in [0.1, 0.15) is 32.1 Å². The highest BCUT2D eigenvalue weighted by Gasteiger charge is 2.14. The molecule has 3 rings (SSSR count). The first-order valence-corrected chi connectivity index (χ1v) is 8.14. The lowest BCUT2D eigenvalue weighted by Crippen LogP contribution is -2.33. The Bertz CT molecular complexity index is 722. The van der Waals surface area contributed by atoms with Gasteiger partial charge in [-0.05, 0) is 43.3 Å². The van der Waals surface area contributed by atoms with E-state index in [2.05, 4.69) is 20.5 Å². The third-order valence-electron chi connectivity index (χ3n) is 3.89. The molecule has 1 heterocycles. The summed E-state index contributed by atoms with van der Waals surface area (Å²) >= 11 is 11.2. The molecular formula is C15H17ClN4OS. The summed E-state index contributed by atoms with van der Waals surface area (Å²) in [5.74, 6) is -0.0403. The summed E-state index contributed by atoms with van der Waals surface area (Å²) in [7, 11) is 0. The van der Waals surface area contributed by atoms with Crippen LogP contribution in [0.5, 0.6) is 5.88 Å². The molecule has 0 bridgehead atoms. The van der Waals surface area contributed by atoms with Crippen molar-refractivity contribution in [3.63, 3.8) is 0 Å². The van der Waals surface area contributed by atoms with Gasteiger partial charge in [0.15, 0.2) is 5.69 Å². The smallest absolute Gasteiger partial charge is 0.218 e. The Hall–Kier alpha value is -1.66. The molecular weight excluding hydrogens is 320 g/mol. The van der Waals surface area contributed by atoms with E-state index in [0.717, 1.165) is 18.4 Å². The van der Waals surface area contributed by atoms with E-state index in [1.807, 2.05) is 0 Å². The van der Waals surface area contributed by atoms with Gasteiger partial charge >= 0.3 is 0 Å². The van der Waals surface area contributed by atoms with E-state index in [9.17, 15) is 5.11 Å². The number of nitrogens with zero attached hydrogens (tertiary/aromatic N) is 2. The Balaban J connectivity index is 1.75. The van der Waals surface area contributed by atoms with Crippen LogP contribution in [-0.4, -0.2) is 21.2 Å². The first-order chi connectivity index (χ1) is 10.6. The van der Waals surface area contributed by atoms with E-state index in [4.69, 9.17) is 23.8 Å². The van der Waals surface area contributed by atoms with E-state index in [1.165, 1.54) is 19.3 Å².